The van der Waals surface area contributed by atoms with Crippen LogP contribution in [0.25, 0.3) is 0 Å². The monoisotopic (exact) mass is 251 g/mol. The molecule has 2 N–H and O–H groups in total. The predicted molar refractivity (Wildman–Crippen MR) is 74.1 cm³/mol. The Kier molecular flexibility index (Phi) is 6.77. The number of hydrogen-bond donors (Lipinski definition) is 2. The van der Waals surface area contributed by atoms with Gasteiger partial charge in [-0.1, -0.05) is 12.8 Å². The van der Waals surface area contributed by atoms with Crippen LogP contribution in [0.3, 0.4) is 0 Å². The zero-order valence-electron chi connectivity index (χ0n) is 11.5. The molecule has 1 atom stereocenters. The molecule has 0 aromatic carbocycles. The number of carbonyl (C=O) groups is 1. The third kappa shape index (κ3) is 4.67. The van der Waals surface area contributed by atoms with E-state index < -0.39 is 0 Å². The van der Waals surface area contributed by atoms with Crippen LogP contribution in [0.4, 0.5) is 0 Å². The number of nitrogens with zero attached hydrogens (tertiary/aromatic N) is 1. The van der Waals surface area contributed by atoms with Crippen LogP contribution < -0.4 is 10.6 Å². The number of amides is 1. The molecule has 1 aliphatic rings. The maximum absolute atomic E-state index is 11.8. The lowest BCUT2D eigenvalue weighted by molar-refractivity contribution is -0.126. The molecule has 0 aliphatic carbocycles. The molecule has 1 rings (SSSR count). The Hall–Kier alpha value is -1.05. The summed E-state index contributed by atoms with van der Waals surface area (Å²) in [6, 6.07) is -0.0709. The molecule has 18 heavy (non-hydrogen) atoms. The average Bonchev–Trinajstić information content (AvgIpc) is 2.42. The first-order chi connectivity index (χ1) is 8.69. The minimum Gasteiger partial charge on any atom is -0.344 e. The van der Waals surface area contributed by atoms with Gasteiger partial charge in [-0.2, -0.15) is 0 Å². The summed E-state index contributed by atoms with van der Waals surface area (Å²) in [7, 11) is 0. The average molecular weight is 251 g/mol. The summed E-state index contributed by atoms with van der Waals surface area (Å²) in [5.74, 6) is 3.22. The van der Waals surface area contributed by atoms with Crippen molar-refractivity contribution in [3.8, 4) is 12.3 Å². The van der Waals surface area contributed by atoms with Crippen LogP contribution >= 0.6 is 0 Å². The molecular weight excluding hydrogens is 226 g/mol. The highest BCUT2D eigenvalue weighted by molar-refractivity contribution is 5.81. The Morgan fingerprint density at radius 3 is 2.72 bits per heavy atom. The second kappa shape index (κ2) is 8.12. The molecule has 0 saturated carbocycles. The van der Waals surface area contributed by atoms with Crippen LogP contribution in [-0.2, 0) is 4.79 Å². The smallest absolute Gasteiger partial charge is 0.237 e. The van der Waals surface area contributed by atoms with Crippen molar-refractivity contribution in [3.05, 3.63) is 0 Å². The first-order valence-corrected chi connectivity index (χ1v) is 6.85. The summed E-state index contributed by atoms with van der Waals surface area (Å²) < 4.78 is 0. The Labute approximate surface area is 110 Å². The molecule has 0 aromatic rings. The van der Waals surface area contributed by atoms with Gasteiger partial charge < -0.3 is 10.6 Å². The van der Waals surface area contributed by atoms with Gasteiger partial charge in [0, 0.05) is 0 Å². The standard InChI is InChI=1S/C14H25N3O/c1-4-8-16-14(18)12(3)17-9-6-13(7-10-17)11-15-5-2/h1,12-13,15H,5-11H2,2-3H3,(H,16,18). The number of piperidine rings is 1. The molecule has 1 unspecified atom stereocenters. The number of nitrogens with one attached hydrogen (secondary N) is 2. The molecule has 1 amide bonds. The summed E-state index contributed by atoms with van der Waals surface area (Å²) in [5, 5.41) is 6.14. The van der Waals surface area contributed by atoms with E-state index in [-0.39, 0.29) is 11.9 Å². The number of likely N-dealkylation sites (tertiary alicyclic amines) is 1. The Bertz CT molecular complexity index is 290. The molecule has 0 aromatic heterocycles. The minimum absolute atomic E-state index is 0.0399. The second-order valence-corrected chi connectivity index (χ2v) is 4.88. The predicted octanol–water partition coefficient (Wildman–Crippen LogP) is 0.446. The van der Waals surface area contributed by atoms with Gasteiger partial charge in [-0.3, -0.25) is 9.69 Å². The third-order valence-corrected chi connectivity index (χ3v) is 3.62. The molecule has 1 aliphatic heterocycles. The van der Waals surface area contributed by atoms with Crippen molar-refractivity contribution in [1.29, 1.82) is 0 Å². The molecule has 0 radical (unpaired) electrons. The van der Waals surface area contributed by atoms with Gasteiger partial charge in [0.25, 0.3) is 0 Å². The Morgan fingerprint density at radius 1 is 1.50 bits per heavy atom. The Balaban J connectivity index is 2.29. The topological polar surface area (TPSA) is 44.4 Å². The zero-order chi connectivity index (χ0) is 13.4. The molecule has 102 valence electrons. The van der Waals surface area contributed by atoms with Crippen LogP contribution in [-0.4, -0.2) is 49.6 Å². The van der Waals surface area contributed by atoms with E-state index in [0.717, 1.165) is 32.1 Å². The van der Waals surface area contributed by atoms with Crippen LogP contribution in [0, 0.1) is 18.3 Å². The lowest BCUT2D eigenvalue weighted by Gasteiger charge is -2.35. The summed E-state index contributed by atoms with van der Waals surface area (Å²) >= 11 is 0. The quantitative estimate of drug-likeness (QED) is 0.674. The fourth-order valence-electron chi connectivity index (χ4n) is 2.34. The number of rotatable bonds is 6. The van der Waals surface area contributed by atoms with Crippen molar-refractivity contribution < 1.29 is 4.79 Å². The maximum Gasteiger partial charge on any atom is 0.237 e. The van der Waals surface area contributed by atoms with Gasteiger partial charge >= 0.3 is 0 Å². The van der Waals surface area contributed by atoms with Crippen molar-refractivity contribution in [2.75, 3.05) is 32.7 Å². The van der Waals surface area contributed by atoms with E-state index in [1.54, 1.807) is 0 Å². The maximum atomic E-state index is 11.8. The molecule has 1 saturated heterocycles. The van der Waals surface area contributed by atoms with E-state index in [1.165, 1.54) is 12.8 Å². The lowest BCUT2D eigenvalue weighted by Crippen LogP contribution is -2.49. The molecule has 1 heterocycles. The highest BCUT2D eigenvalue weighted by Gasteiger charge is 2.25. The van der Waals surface area contributed by atoms with E-state index in [0.29, 0.717) is 6.54 Å². The number of terminal acetylenes is 1. The highest BCUT2D eigenvalue weighted by Crippen LogP contribution is 2.18. The molecule has 0 bridgehead atoms. The van der Waals surface area contributed by atoms with Gasteiger partial charge in [-0.25, -0.2) is 0 Å². The Morgan fingerprint density at radius 2 is 2.17 bits per heavy atom. The van der Waals surface area contributed by atoms with Crippen LogP contribution in [0.1, 0.15) is 26.7 Å². The number of carbonyl (C=O) groups excluding carboxylic acids is 1. The van der Waals surface area contributed by atoms with Gasteiger partial charge in [0.15, 0.2) is 0 Å². The zero-order valence-corrected chi connectivity index (χ0v) is 11.5. The van der Waals surface area contributed by atoms with Gasteiger partial charge in [-0.05, 0) is 51.9 Å². The molecule has 0 spiro atoms. The number of hydrogen-bond acceptors (Lipinski definition) is 3. The lowest BCUT2D eigenvalue weighted by atomic mass is 9.95. The van der Waals surface area contributed by atoms with Crippen molar-refractivity contribution >= 4 is 5.91 Å². The van der Waals surface area contributed by atoms with Gasteiger partial charge in [0.2, 0.25) is 5.91 Å². The van der Waals surface area contributed by atoms with Crippen molar-refractivity contribution in [3.63, 3.8) is 0 Å². The van der Waals surface area contributed by atoms with E-state index in [9.17, 15) is 4.79 Å². The van der Waals surface area contributed by atoms with E-state index in [2.05, 4.69) is 28.4 Å². The molecular formula is C14H25N3O. The first-order valence-electron chi connectivity index (χ1n) is 6.85. The molecule has 4 heteroatoms. The normalized spacial score (nSPS) is 19.2. The van der Waals surface area contributed by atoms with E-state index >= 15 is 0 Å². The molecule has 4 nitrogen and oxygen atoms in total. The third-order valence-electron chi connectivity index (χ3n) is 3.62. The van der Waals surface area contributed by atoms with E-state index in [4.69, 9.17) is 6.42 Å². The van der Waals surface area contributed by atoms with Crippen molar-refractivity contribution in [1.82, 2.24) is 15.5 Å². The molecule has 1 fully saturated rings. The van der Waals surface area contributed by atoms with Gasteiger partial charge in [0.05, 0.1) is 12.6 Å². The summed E-state index contributed by atoms with van der Waals surface area (Å²) in [6.07, 6.45) is 7.47. The van der Waals surface area contributed by atoms with Crippen LogP contribution in [0.15, 0.2) is 0 Å². The summed E-state index contributed by atoms with van der Waals surface area (Å²) in [6.45, 7) is 8.54. The first kappa shape index (κ1) is 15.0. The van der Waals surface area contributed by atoms with E-state index in [1.807, 2.05) is 6.92 Å². The van der Waals surface area contributed by atoms with Crippen molar-refractivity contribution in [2.45, 2.75) is 32.7 Å². The second-order valence-electron chi connectivity index (χ2n) is 4.88. The fourth-order valence-corrected chi connectivity index (χ4v) is 2.34. The van der Waals surface area contributed by atoms with Gasteiger partial charge in [0.1, 0.15) is 0 Å². The largest absolute Gasteiger partial charge is 0.344 e. The summed E-state index contributed by atoms with van der Waals surface area (Å²) in [4.78, 5) is 14.0. The van der Waals surface area contributed by atoms with Gasteiger partial charge in [-0.15, -0.1) is 6.42 Å². The highest BCUT2D eigenvalue weighted by atomic mass is 16.2. The van der Waals surface area contributed by atoms with Crippen LogP contribution in [0.5, 0.6) is 0 Å². The van der Waals surface area contributed by atoms with Crippen molar-refractivity contribution in [2.24, 2.45) is 5.92 Å². The minimum atomic E-state index is -0.0709. The SMILES string of the molecule is C#CCNC(=O)C(C)N1CCC(CNCC)CC1. The fraction of sp³-hybridized carbons (Fsp3) is 0.786. The summed E-state index contributed by atoms with van der Waals surface area (Å²) in [5.41, 5.74) is 0. The van der Waals surface area contributed by atoms with Crippen LogP contribution in [0.2, 0.25) is 0 Å².